The second kappa shape index (κ2) is 9.70. The molecule has 0 spiro atoms. The van der Waals surface area contributed by atoms with Crippen LogP contribution in [0.15, 0.2) is 49.1 Å². The fraction of sp³-hybridized carbons (Fsp3) is 0.381. The van der Waals surface area contributed by atoms with Crippen LogP contribution in [0.5, 0.6) is 0 Å². The van der Waals surface area contributed by atoms with Gasteiger partial charge in [0.1, 0.15) is 11.6 Å². The minimum absolute atomic E-state index is 0.0707. The molecule has 0 radical (unpaired) electrons. The number of aromatic nitrogens is 4. The number of imidazole rings is 2. The Balaban J connectivity index is 1.96. The number of carbonyl (C=O) groups excluding carboxylic acids is 1. The van der Waals surface area contributed by atoms with Crippen LogP contribution in [-0.2, 0) is 4.79 Å². The number of allylic oxidation sites excluding steroid dienone is 4. The zero-order valence-electron chi connectivity index (χ0n) is 16.0. The van der Waals surface area contributed by atoms with Crippen molar-refractivity contribution in [2.75, 3.05) is 0 Å². The van der Waals surface area contributed by atoms with Gasteiger partial charge in [-0.2, -0.15) is 0 Å². The molecule has 2 atom stereocenters. The Hall–Kier alpha value is -2.69. The topological polar surface area (TPSA) is 52.7 Å². The van der Waals surface area contributed by atoms with Gasteiger partial charge in [-0.3, -0.25) is 4.79 Å². The van der Waals surface area contributed by atoms with Gasteiger partial charge >= 0.3 is 0 Å². The normalized spacial score (nSPS) is 14.6. The molecular formula is C21H28N4O. The molecule has 2 unspecified atom stereocenters. The predicted molar refractivity (Wildman–Crippen MR) is 107 cm³/mol. The average Bonchev–Trinajstić information content (AvgIpc) is 3.31. The molecule has 138 valence electrons. The van der Waals surface area contributed by atoms with Crippen molar-refractivity contribution in [2.45, 2.75) is 52.6 Å². The van der Waals surface area contributed by atoms with Crippen molar-refractivity contribution in [1.29, 1.82) is 0 Å². The van der Waals surface area contributed by atoms with Gasteiger partial charge in [0, 0.05) is 36.9 Å². The van der Waals surface area contributed by atoms with Crippen molar-refractivity contribution in [3.63, 3.8) is 0 Å². The van der Waals surface area contributed by atoms with Gasteiger partial charge in [-0.1, -0.05) is 26.0 Å². The molecule has 0 aliphatic heterocycles. The number of nitrogens with zero attached hydrogens (tertiary/aromatic N) is 4. The fourth-order valence-electron chi connectivity index (χ4n) is 2.55. The Labute approximate surface area is 155 Å². The van der Waals surface area contributed by atoms with Gasteiger partial charge in [0.2, 0.25) is 0 Å². The molecule has 5 heteroatoms. The van der Waals surface area contributed by atoms with E-state index < -0.39 is 0 Å². The molecule has 0 N–H and O–H groups in total. The Morgan fingerprint density at radius 3 is 2.00 bits per heavy atom. The Bertz CT molecular complexity index is 795. The van der Waals surface area contributed by atoms with Crippen LogP contribution in [0.3, 0.4) is 0 Å². The second-order valence-electron chi connectivity index (χ2n) is 6.35. The highest BCUT2D eigenvalue weighted by atomic mass is 16.1. The predicted octanol–water partition coefficient (Wildman–Crippen LogP) is 4.87. The van der Waals surface area contributed by atoms with E-state index in [0.717, 1.165) is 24.5 Å². The van der Waals surface area contributed by atoms with Gasteiger partial charge in [-0.05, 0) is 51.0 Å². The van der Waals surface area contributed by atoms with E-state index in [1.165, 1.54) is 0 Å². The first-order valence-corrected chi connectivity index (χ1v) is 9.19. The molecule has 0 bridgehead atoms. The summed E-state index contributed by atoms with van der Waals surface area (Å²) in [5.74, 6) is 1.62. The standard InChI is InChI=1S/C21H28N4O/c1-5-17(3)24-15-13-22-20(24)10-8-7-9-19(26)11-12-21-23-14-16-25(21)18(4)6-2/h7-18H,5-6H2,1-4H3/b9-7+,10-8+,12-11+. The van der Waals surface area contributed by atoms with Crippen molar-refractivity contribution in [1.82, 2.24) is 19.1 Å². The van der Waals surface area contributed by atoms with E-state index in [-0.39, 0.29) is 5.78 Å². The van der Waals surface area contributed by atoms with Gasteiger partial charge in [-0.25, -0.2) is 9.97 Å². The summed E-state index contributed by atoms with van der Waals surface area (Å²) in [6, 6.07) is 0.764. The molecule has 2 heterocycles. The van der Waals surface area contributed by atoms with Gasteiger partial charge in [0.15, 0.2) is 5.78 Å². The third kappa shape index (κ3) is 5.15. The first-order chi connectivity index (χ1) is 12.6. The van der Waals surface area contributed by atoms with Gasteiger partial charge in [0.05, 0.1) is 0 Å². The lowest BCUT2D eigenvalue weighted by Crippen LogP contribution is -2.04. The van der Waals surface area contributed by atoms with Crippen LogP contribution < -0.4 is 0 Å². The Morgan fingerprint density at radius 2 is 1.46 bits per heavy atom. The molecule has 0 saturated heterocycles. The maximum absolute atomic E-state index is 12.0. The summed E-state index contributed by atoms with van der Waals surface area (Å²) in [4.78, 5) is 20.6. The summed E-state index contributed by atoms with van der Waals surface area (Å²) in [5.41, 5.74) is 0. The maximum atomic E-state index is 12.0. The van der Waals surface area contributed by atoms with Crippen LogP contribution in [0.4, 0.5) is 0 Å². The van der Waals surface area contributed by atoms with E-state index in [1.807, 2.05) is 24.5 Å². The minimum Gasteiger partial charge on any atom is -0.329 e. The summed E-state index contributed by atoms with van der Waals surface area (Å²) < 4.78 is 4.20. The van der Waals surface area contributed by atoms with Crippen molar-refractivity contribution >= 4 is 17.9 Å². The maximum Gasteiger partial charge on any atom is 0.178 e. The van der Waals surface area contributed by atoms with Crippen LogP contribution in [0.2, 0.25) is 0 Å². The smallest absolute Gasteiger partial charge is 0.178 e. The fourth-order valence-corrected chi connectivity index (χ4v) is 2.55. The summed E-state index contributed by atoms with van der Waals surface area (Å²) in [6.07, 6.45) is 19.9. The number of hydrogen-bond donors (Lipinski definition) is 0. The van der Waals surface area contributed by atoms with E-state index >= 15 is 0 Å². The van der Waals surface area contributed by atoms with E-state index in [2.05, 4.69) is 46.8 Å². The zero-order chi connectivity index (χ0) is 18.9. The third-order valence-corrected chi connectivity index (χ3v) is 4.54. The van der Waals surface area contributed by atoms with Crippen molar-refractivity contribution in [3.8, 4) is 0 Å². The van der Waals surface area contributed by atoms with Gasteiger partial charge in [0.25, 0.3) is 0 Å². The lowest BCUT2D eigenvalue weighted by Gasteiger charge is -2.12. The van der Waals surface area contributed by atoms with Crippen LogP contribution in [0.25, 0.3) is 12.2 Å². The number of hydrogen-bond acceptors (Lipinski definition) is 3. The third-order valence-electron chi connectivity index (χ3n) is 4.54. The van der Waals surface area contributed by atoms with E-state index in [0.29, 0.717) is 12.1 Å². The molecule has 2 rings (SSSR count). The number of ketones is 1. The van der Waals surface area contributed by atoms with E-state index in [9.17, 15) is 4.79 Å². The van der Waals surface area contributed by atoms with Crippen LogP contribution in [-0.4, -0.2) is 24.9 Å². The first-order valence-electron chi connectivity index (χ1n) is 9.19. The Kier molecular flexibility index (Phi) is 7.33. The highest BCUT2D eigenvalue weighted by Crippen LogP contribution is 2.14. The molecule has 0 aliphatic carbocycles. The molecule has 0 aliphatic rings. The van der Waals surface area contributed by atoms with Gasteiger partial charge < -0.3 is 9.13 Å². The molecule has 5 nitrogen and oxygen atoms in total. The lowest BCUT2D eigenvalue weighted by atomic mass is 10.2. The molecule has 2 aromatic heterocycles. The minimum atomic E-state index is -0.0707. The van der Waals surface area contributed by atoms with Crippen molar-refractivity contribution in [3.05, 3.63) is 60.7 Å². The SMILES string of the molecule is CCC(C)n1ccnc1/C=C/C=C/C(=O)/C=C/c1nccn1C(C)CC. The monoisotopic (exact) mass is 352 g/mol. The highest BCUT2D eigenvalue weighted by Gasteiger charge is 2.06. The zero-order valence-corrected chi connectivity index (χ0v) is 16.0. The average molecular weight is 352 g/mol. The van der Waals surface area contributed by atoms with Crippen LogP contribution in [0.1, 0.15) is 64.3 Å². The Morgan fingerprint density at radius 1 is 0.923 bits per heavy atom. The van der Waals surface area contributed by atoms with Crippen molar-refractivity contribution < 1.29 is 4.79 Å². The van der Waals surface area contributed by atoms with Crippen LogP contribution >= 0.6 is 0 Å². The van der Waals surface area contributed by atoms with E-state index in [1.54, 1.807) is 36.7 Å². The van der Waals surface area contributed by atoms with E-state index in [4.69, 9.17) is 0 Å². The molecule has 0 aromatic carbocycles. The summed E-state index contributed by atoms with van der Waals surface area (Å²) in [7, 11) is 0. The number of rotatable bonds is 9. The molecule has 0 saturated carbocycles. The summed E-state index contributed by atoms with van der Waals surface area (Å²) >= 11 is 0. The molecule has 2 aromatic rings. The van der Waals surface area contributed by atoms with Crippen molar-refractivity contribution in [2.24, 2.45) is 0 Å². The lowest BCUT2D eigenvalue weighted by molar-refractivity contribution is -0.110. The number of carbonyl (C=O) groups is 1. The molecular weight excluding hydrogens is 324 g/mol. The largest absolute Gasteiger partial charge is 0.329 e. The summed E-state index contributed by atoms with van der Waals surface area (Å²) in [6.45, 7) is 8.57. The quantitative estimate of drug-likeness (QED) is 0.478. The van der Waals surface area contributed by atoms with Gasteiger partial charge in [-0.15, -0.1) is 0 Å². The molecule has 26 heavy (non-hydrogen) atoms. The van der Waals surface area contributed by atoms with Crippen LogP contribution in [0, 0.1) is 0 Å². The molecule has 0 fully saturated rings. The summed E-state index contributed by atoms with van der Waals surface area (Å²) in [5, 5.41) is 0. The first kappa shape index (κ1) is 19.6. The second-order valence-corrected chi connectivity index (χ2v) is 6.35. The highest BCUT2D eigenvalue weighted by molar-refractivity contribution is 6.01. The molecule has 0 amide bonds.